The third kappa shape index (κ3) is 4.81. The summed E-state index contributed by atoms with van der Waals surface area (Å²) in [5.41, 5.74) is 1.46. The monoisotopic (exact) mass is 447 g/mol. The van der Waals surface area contributed by atoms with Crippen LogP contribution in [0.5, 0.6) is 0 Å². The molecule has 1 aromatic rings. The number of ether oxygens (including phenoxy) is 1. The molecular weight excluding hydrogens is 420 g/mol. The van der Waals surface area contributed by atoms with Gasteiger partial charge in [0.15, 0.2) is 5.96 Å². The number of hydrogen-bond donors (Lipinski definition) is 1. The number of rotatable bonds is 4. The van der Waals surface area contributed by atoms with Crippen molar-refractivity contribution >= 4 is 29.9 Å². The van der Waals surface area contributed by atoms with Crippen LogP contribution in [0.4, 0.5) is 4.39 Å². The van der Waals surface area contributed by atoms with E-state index in [9.17, 15) is 4.39 Å². The van der Waals surface area contributed by atoms with Gasteiger partial charge in [0.25, 0.3) is 0 Å². The first kappa shape index (κ1) is 19.4. The molecule has 0 aliphatic carbocycles. The number of halogens is 2. The Morgan fingerprint density at radius 3 is 2.79 bits per heavy atom. The molecular formula is C18H27FIN3O. The van der Waals surface area contributed by atoms with E-state index in [0.717, 1.165) is 50.8 Å². The molecule has 0 radical (unpaired) electrons. The van der Waals surface area contributed by atoms with Gasteiger partial charge in [0.2, 0.25) is 0 Å². The maximum absolute atomic E-state index is 12.9. The fraction of sp³-hybridized carbons (Fsp3) is 0.611. The van der Waals surface area contributed by atoms with Crippen LogP contribution < -0.4 is 5.32 Å². The predicted molar refractivity (Wildman–Crippen MR) is 106 cm³/mol. The highest BCUT2D eigenvalue weighted by Gasteiger charge is 2.42. The predicted octanol–water partition coefficient (Wildman–Crippen LogP) is 3.06. The molecule has 1 atom stereocenters. The van der Waals surface area contributed by atoms with Crippen LogP contribution in [0.3, 0.4) is 0 Å². The second-order valence-electron chi connectivity index (χ2n) is 6.59. The molecule has 2 saturated heterocycles. The van der Waals surface area contributed by atoms with Gasteiger partial charge in [-0.15, -0.1) is 24.0 Å². The van der Waals surface area contributed by atoms with E-state index in [1.54, 1.807) is 0 Å². The average molecular weight is 447 g/mol. The number of hydrogen-bond acceptors (Lipinski definition) is 2. The van der Waals surface area contributed by atoms with Crippen LogP contribution in [0.25, 0.3) is 0 Å². The number of nitrogens with one attached hydrogen (secondary N) is 1. The van der Waals surface area contributed by atoms with Gasteiger partial charge in [0.1, 0.15) is 5.82 Å². The van der Waals surface area contributed by atoms with Crippen LogP contribution in [0.1, 0.15) is 25.3 Å². The van der Waals surface area contributed by atoms with E-state index in [0.29, 0.717) is 12.0 Å². The number of aliphatic imine (C=N–C) groups is 1. The highest BCUT2D eigenvalue weighted by atomic mass is 127. The number of nitrogens with zero attached hydrogens (tertiary/aromatic N) is 2. The summed E-state index contributed by atoms with van der Waals surface area (Å²) in [4.78, 5) is 7.13. The van der Waals surface area contributed by atoms with Crippen molar-refractivity contribution in [2.75, 3.05) is 39.4 Å². The van der Waals surface area contributed by atoms with Gasteiger partial charge in [0.05, 0.1) is 6.61 Å². The molecule has 2 aliphatic heterocycles. The Balaban J connectivity index is 0.00000208. The third-order valence-electron chi connectivity index (χ3n) is 4.83. The molecule has 6 heteroatoms. The fourth-order valence-electron chi connectivity index (χ4n) is 3.46. The minimum atomic E-state index is -0.188. The molecule has 0 saturated carbocycles. The molecule has 2 heterocycles. The first-order valence-corrected chi connectivity index (χ1v) is 8.56. The van der Waals surface area contributed by atoms with Crippen molar-refractivity contribution in [2.24, 2.45) is 10.4 Å². The van der Waals surface area contributed by atoms with Crippen molar-refractivity contribution in [1.82, 2.24) is 10.2 Å². The molecule has 3 rings (SSSR count). The molecule has 0 aromatic heterocycles. The Morgan fingerprint density at radius 2 is 2.12 bits per heavy atom. The highest BCUT2D eigenvalue weighted by molar-refractivity contribution is 14.0. The summed E-state index contributed by atoms with van der Waals surface area (Å²) in [5.74, 6) is 0.810. The van der Waals surface area contributed by atoms with Gasteiger partial charge in [-0.3, -0.25) is 4.99 Å². The zero-order chi connectivity index (χ0) is 16.1. The molecule has 1 N–H and O–H groups in total. The molecule has 2 fully saturated rings. The molecule has 1 aromatic carbocycles. The largest absolute Gasteiger partial charge is 0.381 e. The Hall–Kier alpha value is -0.890. The van der Waals surface area contributed by atoms with Gasteiger partial charge >= 0.3 is 0 Å². The molecule has 4 nitrogen and oxygen atoms in total. The van der Waals surface area contributed by atoms with Crippen molar-refractivity contribution in [3.63, 3.8) is 0 Å². The lowest BCUT2D eigenvalue weighted by Gasteiger charge is -2.25. The first-order valence-electron chi connectivity index (χ1n) is 8.56. The van der Waals surface area contributed by atoms with Gasteiger partial charge in [-0.05, 0) is 43.9 Å². The van der Waals surface area contributed by atoms with Crippen molar-refractivity contribution in [3.05, 3.63) is 35.6 Å². The van der Waals surface area contributed by atoms with E-state index >= 15 is 0 Å². The SMILES string of the molecule is CCNC(=NCCc1ccc(F)cc1)N1CCC2(CCOC2)C1.I. The molecule has 134 valence electrons. The fourth-order valence-corrected chi connectivity index (χ4v) is 3.46. The zero-order valence-corrected chi connectivity index (χ0v) is 16.6. The van der Waals surface area contributed by atoms with Gasteiger partial charge in [-0.1, -0.05) is 12.1 Å². The van der Waals surface area contributed by atoms with Crippen LogP contribution in [0.2, 0.25) is 0 Å². The van der Waals surface area contributed by atoms with E-state index in [1.807, 2.05) is 12.1 Å². The molecule has 0 bridgehead atoms. The topological polar surface area (TPSA) is 36.9 Å². The molecule has 1 spiro atoms. The lowest BCUT2D eigenvalue weighted by Crippen LogP contribution is -2.41. The first-order chi connectivity index (χ1) is 11.2. The van der Waals surface area contributed by atoms with E-state index < -0.39 is 0 Å². The van der Waals surface area contributed by atoms with Crippen molar-refractivity contribution in [3.8, 4) is 0 Å². The summed E-state index contributed by atoms with van der Waals surface area (Å²) in [6, 6.07) is 6.68. The van der Waals surface area contributed by atoms with Crippen LogP contribution in [-0.4, -0.2) is 50.3 Å². The van der Waals surface area contributed by atoms with Crippen LogP contribution in [0, 0.1) is 11.2 Å². The standard InChI is InChI=1S/C18H26FN3O.HI/c1-2-20-17(21-10-7-15-3-5-16(19)6-4-15)22-11-8-18(13-22)9-12-23-14-18;/h3-6H,2,7-14H2,1H3,(H,20,21);1H. The second-order valence-corrected chi connectivity index (χ2v) is 6.59. The summed E-state index contributed by atoms with van der Waals surface area (Å²) in [6.07, 6.45) is 3.19. The second kappa shape index (κ2) is 8.99. The highest BCUT2D eigenvalue weighted by Crippen LogP contribution is 2.38. The van der Waals surface area contributed by atoms with Gasteiger partial charge in [0, 0.05) is 38.2 Å². The molecule has 2 aliphatic rings. The average Bonchev–Trinajstić information content (AvgIpc) is 3.19. The Bertz CT molecular complexity index is 544. The number of guanidine groups is 1. The van der Waals surface area contributed by atoms with E-state index in [1.165, 1.54) is 25.0 Å². The smallest absolute Gasteiger partial charge is 0.193 e. The Morgan fingerprint density at radius 1 is 1.33 bits per heavy atom. The molecule has 0 amide bonds. The van der Waals surface area contributed by atoms with Crippen molar-refractivity contribution in [1.29, 1.82) is 0 Å². The molecule has 24 heavy (non-hydrogen) atoms. The Kier molecular flexibility index (Phi) is 7.28. The van der Waals surface area contributed by atoms with E-state index in [-0.39, 0.29) is 29.8 Å². The van der Waals surface area contributed by atoms with E-state index in [2.05, 4.69) is 17.1 Å². The van der Waals surface area contributed by atoms with Crippen molar-refractivity contribution < 1.29 is 9.13 Å². The number of benzene rings is 1. The van der Waals surface area contributed by atoms with Crippen LogP contribution in [0.15, 0.2) is 29.3 Å². The maximum atomic E-state index is 12.9. The van der Waals surface area contributed by atoms with Crippen LogP contribution in [-0.2, 0) is 11.2 Å². The summed E-state index contributed by atoms with van der Waals surface area (Å²) in [7, 11) is 0. The Labute approximate surface area is 160 Å². The zero-order valence-electron chi connectivity index (χ0n) is 14.3. The van der Waals surface area contributed by atoms with Gasteiger partial charge < -0.3 is 15.0 Å². The van der Waals surface area contributed by atoms with Crippen LogP contribution >= 0.6 is 24.0 Å². The van der Waals surface area contributed by atoms with Gasteiger partial charge in [-0.2, -0.15) is 0 Å². The minimum absolute atomic E-state index is 0. The third-order valence-corrected chi connectivity index (χ3v) is 4.83. The van der Waals surface area contributed by atoms with E-state index in [4.69, 9.17) is 9.73 Å². The quantitative estimate of drug-likeness (QED) is 0.438. The summed E-state index contributed by atoms with van der Waals surface area (Å²) in [5, 5.41) is 3.40. The summed E-state index contributed by atoms with van der Waals surface area (Å²) in [6.45, 7) is 7.55. The lowest BCUT2D eigenvalue weighted by molar-refractivity contribution is 0.156. The number of likely N-dealkylation sites (tertiary alicyclic amines) is 1. The minimum Gasteiger partial charge on any atom is -0.381 e. The summed E-state index contributed by atoms with van der Waals surface area (Å²) >= 11 is 0. The van der Waals surface area contributed by atoms with Gasteiger partial charge in [-0.25, -0.2) is 4.39 Å². The maximum Gasteiger partial charge on any atom is 0.193 e. The normalized spacial score (nSPS) is 23.6. The summed E-state index contributed by atoms with van der Waals surface area (Å²) < 4.78 is 18.5. The molecule has 1 unspecified atom stereocenters. The lowest BCUT2D eigenvalue weighted by atomic mass is 9.87. The van der Waals surface area contributed by atoms with Crippen molar-refractivity contribution in [2.45, 2.75) is 26.2 Å².